The number of esters is 1. The summed E-state index contributed by atoms with van der Waals surface area (Å²) in [4.78, 5) is 25.8. The van der Waals surface area contributed by atoms with Crippen molar-refractivity contribution in [3.8, 4) is 28.7 Å². The minimum atomic E-state index is -0.650. The molecule has 36 heavy (non-hydrogen) atoms. The van der Waals surface area contributed by atoms with Crippen LogP contribution in [0.3, 0.4) is 0 Å². The Morgan fingerprint density at radius 2 is 1.64 bits per heavy atom. The second kappa shape index (κ2) is 9.14. The quantitative estimate of drug-likeness (QED) is 0.197. The molecule has 0 saturated carbocycles. The first-order valence-corrected chi connectivity index (χ1v) is 11.0. The summed E-state index contributed by atoms with van der Waals surface area (Å²) in [5.41, 5.74) is 2.22. The van der Waals surface area contributed by atoms with E-state index in [2.05, 4.69) is 0 Å². The zero-order chi connectivity index (χ0) is 25.4. The number of aryl methyl sites for hydroxylation is 1. The van der Waals surface area contributed by atoms with E-state index in [4.69, 9.17) is 28.1 Å². The van der Waals surface area contributed by atoms with Crippen LogP contribution in [-0.4, -0.2) is 33.1 Å². The Bertz CT molecular complexity index is 1480. The number of methoxy groups -OCH3 is 3. The maximum absolute atomic E-state index is 13.1. The Morgan fingerprint density at radius 3 is 2.31 bits per heavy atom. The van der Waals surface area contributed by atoms with Gasteiger partial charge in [-0.15, -0.1) is 0 Å². The lowest BCUT2D eigenvalue weighted by molar-refractivity contribution is 0.0703. The van der Waals surface area contributed by atoms with Gasteiger partial charge >= 0.3 is 5.97 Å². The Kier molecular flexibility index (Phi) is 5.85. The highest BCUT2D eigenvalue weighted by molar-refractivity contribution is 6.15. The summed E-state index contributed by atoms with van der Waals surface area (Å²) in [7, 11) is 4.54. The summed E-state index contributed by atoms with van der Waals surface area (Å²) in [6.45, 7) is 1.75. The zero-order valence-electron chi connectivity index (χ0n) is 20.0. The number of hydrogen-bond acceptors (Lipinski definition) is 8. The molecular weight excluding hydrogens is 464 g/mol. The molecule has 0 amide bonds. The standard InChI is InChI=1S/C28H22O8/c1-15-9-18(34-28(30)24-13-17-7-5-6-8-19(17)35-24)14-20-25(15)26(29)21(36-20)10-16-11-22(31-2)27(33-4)23(12-16)32-3/h5-14H,1-4H3/b21-10-. The molecule has 0 unspecified atom stereocenters. The van der Waals surface area contributed by atoms with Gasteiger partial charge in [0.15, 0.2) is 17.3 Å². The molecule has 3 aromatic carbocycles. The second-order valence-corrected chi connectivity index (χ2v) is 8.05. The molecule has 5 rings (SSSR count). The molecule has 0 atom stereocenters. The molecule has 0 spiro atoms. The molecule has 4 aromatic rings. The summed E-state index contributed by atoms with van der Waals surface area (Å²) < 4.78 is 33.1. The average Bonchev–Trinajstić information content (AvgIpc) is 3.44. The number of fused-ring (bicyclic) bond motifs is 2. The topological polar surface area (TPSA) is 93.4 Å². The molecule has 1 aliphatic rings. The molecule has 1 aliphatic heterocycles. The van der Waals surface area contributed by atoms with E-state index in [1.165, 1.54) is 27.4 Å². The molecule has 0 radical (unpaired) electrons. The fourth-order valence-corrected chi connectivity index (χ4v) is 4.11. The molecule has 182 valence electrons. The Labute approximate surface area is 206 Å². The molecule has 0 aliphatic carbocycles. The molecule has 8 nitrogen and oxygen atoms in total. The van der Waals surface area contributed by atoms with Gasteiger partial charge in [0.25, 0.3) is 0 Å². The molecule has 1 aromatic heterocycles. The van der Waals surface area contributed by atoms with Crippen molar-refractivity contribution in [3.05, 3.63) is 82.8 Å². The van der Waals surface area contributed by atoms with E-state index in [1.807, 2.05) is 18.2 Å². The molecule has 8 heteroatoms. The minimum Gasteiger partial charge on any atom is -0.493 e. The third kappa shape index (κ3) is 4.02. The van der Waals surface area contributed by atoms with Crippen LogP contribution in [0.15, 0.2) is 64.8 Å². The van der Waals surface area contributed by atoms with Gasteiger partial charge in [-0.3, -0.25) is 4.79 Å². The molecule has 2 heterocycles. The SMILES string of the molecule is COc1cc(/C=C2\Oc3cc(OC(=O)c4cc5ccccc5o4)cc(C)c3C2=O)cc(OC)c1OC. The normalized spacial score (nSPS) is 13.4. The van der Waals surface area contributed by atoms with Crippen molar-refractivity contribution in [3.63, 3.8) is 0 Å². The van der Waals surface area contributed by atoms with Crippen molar-refractivity contribution < 1.29 is 37.7 Å². The number of ether oxygens (including phenoxy) is 5. The lowest BCUT2D eigenvalue weighted by atomic mass is 10.0. The summed E-state index contributed by atoms with van der Waals surface area (Å²) in [5.74, 6) is 1.12. The summed E-state index contributed by atoms with van der Waals surface area (Å²) in [5, 5.41) is 0.796. The molecule has 0 N–H and O–H groups in total. The van der Waals surface area contributed by atoms with Gasteiger partial charge in [0, 0.05) is 11.5 Å². The lowest BCUT2D eigenvalue weighted by Gasteiger charge is -2.13. The predicted molar refractivity (Wildman–Crippen MR) is 131 cm³/mol. The monoisotopic (exact) mass is 486 g/mol. The number of benzene rings is 3. The number of Topliss-reactive ketones (excluding diaryl/α,β-unsaturated/α-hetero) is 1. The number of hydrogen-bond donors (Lipinski definition) is 0. The Morgan fingerprint density at radius 1 is 0.917 bits per heavy atom. The maximum atomic E-state index is 13.1. The van der Waals surface area contributed by atoms with Gasteiger partial charge in [-0.05, 0) is 54.5 Å². The summed E-state index contributed by atoms with van der Waals surface area (Å²) in [6.07, 6.45) is 1.59. The van der Waals surface area contributed by atoms with Gasteiger partial charge in [-0.25, -0.2) is 4.79 Å². The third-order valence-corrected chi connectivity index (χ3v) is 5.77. The predicted octanol–water partition coefficient (Wildman–Crippen LogP) is 5.60. The highest BCUT2D eigenvalue weighted by Crippen LogP contribution is 2.41. The average molecular weight is 486 g/mol. The summed E-state index contributed by atoms with van der Waals surface area (Å²) in [6, 6.07) is 15.5. The van der Waals surface area contributed by atoms with Gasteiger partial charge in [0.05, 0.1) is 26.9 Å². The largest absolute Gasteiger partial charge is 0.493 e. The molecular formula is C28H22O8. The van der Waals surface area contributed by atoms with Crippen LogP contribution >= 0.6 is 0 Å². The van der Waals surface area contributed by atoms with Crippen LogP contribution in [0.25, 0.3) is 17.0 Å². The van der Waals surface area contributed by atoms with Crippen molar-refractivity contribution in [2.75, 3.05) is 21.3 Å². The number of para-hydroxylation sites is 1. The van der Waals surface area contributed by atoms with Gasteiger partial charge in [0.1, 0.15) is 17.1 Å². The number of ketones is 1. The van der Waals surface area contributed by atoms with E-state index in [0.29, 0.717) is 45.3 Å². The number of furan rings is 1. The van der Waals surface area contributed by atoms with Crippen LogP contribution in [0.1, 0.15) is 32.0 Å². The fraction of sp³-hybridized carbons (Fsp3) is 0.143. The van der Waals surface area contributed by atoms with E-state index in [-0.39, 0.29) is 23.1 Å². The molecule has 0 fully saturated rings. The number of carbonyl (C=O) groups excluding carboxylic acids is 2. The van der Waals surface area contributed by atoms with Crippen LogP contribution in [0.2, 0.25) is 0 Å². The van der Waals surface area contributed by atoms with Crippen LogP contribution in [-0.2, 0) is 0 Å². The van der Waals surface area contributed by atoms with Crippen LogP contribution in [0, 0.1) is 6.92 Å². The molecule has 0 bridgehead atoms. The maximum Gasteiger partial charge on any atom is 0.379 e. The van der Waals surface area contributed by atoms with Gasteiger partial charge < -0.3 is 28.1 Å². The van der Waals surface area contributed by atoms with Crippen molar-refractivity contribution in [2.45, 2.75) is 6.92 Å². The van der Waals surface area contributed by atoms with E-state index in [1.54, 1.807) is 43.3 Å². The van der Waals surface area contributed by atoms with Gasteiger partial charge in [-0.1, -0.05) is 18.2 Å². The van der Waals surface area contributed by atoms with Crippen molar-refractivity contribution >= 4 is 28.8 Å². The third-order valence-electron chi connectivity index (χ3n) is 5.77. The number of carbonyl (C=O) groups is 2. The lowest BCUT2D eigenvalue weighted by Crippen LogP contribution is -2.07. The highest BCUT2D eigenvalue weighted by atomic mass is 16.6. The fourth-order valence-electron chi connectivity index (χ4n) is 4.11. The van der Waals surface area contributed by atoms with Crippen LogP contribution in [0.4, 0.5) is 0 Å². The number of rotatable bonds is 6. The van der Waals surface area contributed by atoms with Crippen molar-refractivity contribution in [1.82, 2.24) is 0 Å². The Balaban J connectivity index is 1.43. The van der Waals surface area contributed by atoms with E-state index < -0.39 is 5.97 Å². The minimum absolute atomic E-state index is 0.0781. The van der Waals surface area contributed by atoms with Crippen LogP contribution < -0.4 is 23.7 Å². The van der Waals surface area contributed by atoms with E-state index in [9.17, 15) is 9.59 Å². The smallest absolute Gasteiger partial charge is 0.379 e. The van der Waals surface area contributed by atoms with Gasteiger partial charge in [0.2, 0.25) is 17.3 Å². The second-order valence-electron chi connectivity index (χ2n) is 8.05. The highest BCUT2D eigenvalue weighted by Gasteiger charge is 2.31. The van der Waals surface area contributed by atoms with Crippen molar-refractivity contribution in [2.24, 2.45) is 0 Å². The number of allylic oxidation sites excluding steroid dienone is 1. The van der Waals surface area contributed by atoms with E-state index >= 15 is 0 Å². The van der Waals surface area contributed by atoms with Gasteiger partial charge in [-0.2, -0.15) is 0 Å². The van der Waals surface area contributed by atoms with Crippen LogP contribution in [0.5, 0.6) is 28.7 Å². The first-order valence-electron chi connectivity index (χ1n) is 11.0. The summed E-state index contributed by atoms with van der Waals surface area (Å²) >= 11 is 0. The zero-order valence-corrected chi connectivity index (χ0v) is 20.0. The molecule has 0 saturated heterocycles. The first kappa shape index (κ1) is 23.0. The van der Waals surface area contributed by atoms with Crippen molar-refractivity contribution in [1.29, 1.82) is 0 Å². The van der Waals surface area contributed by atoms with E-state index in [0.717, 1.165) is 5.39 Å². The first-order chi connectivity index (χ1) is 17.4. The Hall–Kier alpha value is -4.72.